The maximum Gasteiger partial charge on any atom is 0.289 e. The van der Waals surface area contributed by atoms with Crippen LogP contribution in [0.1, 0.15) is 20.1 Å². The minimum Gasteiger partial charge on any atom is -0.328 e. The lowest BCUT2D eigenvalue weighted by Gasteiger charge is -2.07. The number of rotatable bonds is 3. The summed E-state index contributed by atoms with van der Waals surface area (Å²) in [7, 11) is 0. The molecular formula is C18H16N2OS. The van der Waals surface area contributed by atoms with Gasteiger partial charge in [0.05, 0.1) is 4.88 Å². The van der Waals surface area contributed by atoms with Crippen molar-refractivity contribution in [3.8, 4) is 0 Å². The van der Waals surface area contributed by atoms with Crippen LogP contribution in [0.25, 0.3) is 0 Å². The fourth-order valence-corrected chi connectivity index (χ4v) is 2.94. The van der Waals surface area contributed by atoms with Crippen molar-refractivity contribution >= 4 is 17.2 Å². The van der Waals surface area contributed by atoms with Crippen molar-refractivity contribution < 1.29 is 4.79 Å². The van der Waals surface area contributed by atoms with E-state index in [1.807, 2.05) is 66.2 Å². The second kappa shape index (κ2) is 6.54. The molecule has 2 heterocycles. The standard InChI is InChI=1S/C18H16N2OS/c1-14-10-11-16(22-14)18(21)19-17-9-5-6-12-20(17)13-15-7-3-2-4-8-15/h2-12H,13H2,1H3. The van der Waals surface area contributed by atoms with Gasteiger partial charge in [-0.15, -0.1) is 11.3 Å². The molecular weight excluding hydrogens is 292 g/mol. The third kappa shape index (κ3) is 3.40. The largest absolute Gasteiger partial charge is 0.328 e. The Hall–Kier alpha value is -2.46. The average molecular weight is 308 g/mol. The predicted octanol–water partition coefficient (Wildman–Crippen LogP) is 3.65. The van der Waals surface area contributed by atoms with Gasteiger partial charge in [0.2, 0.25) is 0 Å². The highest BCUT2D eigenvalue weighted by Gasteiger charge is 2.06. The summed E-state index contributed by atoms with van der Waals surface area (Å²) in [5.41, 5.74) is 1.84. The molecule has 0 saturated heterocycles. The molecule has 3 nitrogen and oxygen atoms in total. The first kappa shape index (κ1) is 14.5. The SMILES string of the molecule is Cc1ccc(C(=O)N=c2ccccn2Cc2ccccc2)s1. The molecule has 0 aliphatic rings. The van der Waals surface area contributed by atoms with Crippen LogP contribution in [-0.4, -0.2) is 10.5 Å². The van der Waals surface area contributed by atoms with Gasteiger partial charge in [0.1, 0.15) is 5.49 Å². The zero-order valence-electron chi connectivity index (χ0n) is 12.3. The highest BCUT2D eigenvalue weighted by atomic mass is 32.1. The van der Waals surface area contributed by atoms with E-state index in [2.05, 4.69) is 17.1 Å². The molecule has 0 saturated carbocycles. The Balaban J connectivity index is 1.94. The normalized spacial score (nSPS) is 11.6. The van der Waals surface area contributed by atoms with Crippen molar-refractivity contribution in [2.45, 2.75) is 13.5 Å². The second-order valence-corrected chi connectivity index (χ2v) is 6.29. The number of nitrogens with zero attached hydrogens (tertiary/aromatic N) is 2. The van der Waals surface area contributed by atoms with Gasteiger partial charge in [-0.05, 0) is 36.8 Å². The lowest BCUT2D eigenvalue weighted by molar-refractivity contribution is 0.100. The lowest BCUT2D eigenvalue weighted by Crippen LogP contribution is -2.21. The Labute approximate surface area is 133 Å². The summed E-state index contributed by atoms with van der Waals surface area (Å²) < 4.78 is 1.98. The van der Waals surface area contributed by atoms with Crippen LogP contribution in [0.15, 0.2) is 71.9 Å². The van der Waals surface area contributed by atoms with E-state index < -0.39 is 0 Å². The summed E-state index contributed by atoms with van der Waals surface area (Å²) in [5, 5.41) is 0. The van der Waals surface area contributed by atoms with Crippen molar-refractivity contribution in [3.05, 3.63) is 87.7 Å². The Kier molecular flexibility index (Phi) is 4.30. The molecule has 0 bridgehead atoms. The number of aromatic nitrogens is 1. The third-order valence-electron chi connectivity index (χ3n) is 3.28. The van der Waals surface area contributed by atoms with Crippen LogP contribution < -0.4 is 5.49 Å². The van der Waals surface area contributed by atoms with Crippen LogP contribution in [0.3, 0.4) is 0 Å². The molecule has 0 aliphatic carbocycles. The maximum atomic E-state index is 12.3. The molecule has 4 heteroatoms. The second-order valence-electron chi connectivity index (χ2n) is 5.00. The Morgan fingerprint density at radius 2 is 1.82 bits per heavy atom. The number of hydrogen-bond donors (Lipinski definition) is 0. The number of carbonyl (C=O) groups excluding carboxylic acids is 1. The number of carbonyl (C=O) groups is 1. The zero-order valence-corrected chi connectivity index (χ0v) is 13.1. The molecule has 2 aromatic heterocycles. The van der Waals surface area contributed by atoms with Crippen LogP contribution in [0.5, 0.6) is 0 Å². The van der Waals surface area contributed by atoms with Crippen LogP contribution in [0.2, 0.25) is 0 Å². The maximum absolute atomic E-state index is 12.3. The van der Waals surface area contributed by atoms with E-state index in [0.717, 1.165) is 4.88 Å². The molecule has 3 rings (SSSR count). The Bertz CT molecular complexity index is 847. The van der Waals surface area contributed by atoms with Gasteiger partial charge in [0.25, 0.3) is 5.91 Å². The first-order chi connectivity index (χ1) is 10.7. The summed E-state index contributed by atoms with van der Waals surface area (Å²) in [6, 6.07) is 19.6. The number of thiophene rings is 1. The van der Waals surface area contributed by atoms with Gasteiger partial charge >= 0.3 is 0 Å². The zero-order chi connectivity index (χ0) is 15.4. The minimum atomic E-state index is -0.189. The van der Waals surface area contributed by atoms with Crippen LogP contribution in [0.4, 0.5) is 0 Å². The van der Waals surface area contributed by atoms with E-state index in [-0.39, 0.29) is 5.91 Å². The van der Waals surface area contributed by atoms with Crippen molar-refractivity contribution in [2.75, 3.05) is 0 Å². The highest BCUT2D eigenvalue weighted by Crippen LogP contribution is 2.15. The van der Waals surface area contributed by atoms with Gasteiger partial charge < -0.3 is 4.57 Å². The summed E-state index contributed by atoms with van der Waals surface area (Å²) in [5.74, 6) is -0.189. The summed E-state index contributed by atoms with van der Waals surface area (Å²) in [6.45, 7) is 2.68. The summed E-state index contributed by atoms with van der Waals surface area (Å²) in [4.78, 5) is 18.3. The van der Waals surface area contributed by atoms with Crippen LogP contribution in [-0.2, 0) is 6.54 Å². The molecule has 0 aliphatic heterocycles. The Morgan fingerprint density at radius 1 is 1.05 bits per heavy atom. The van der Waals surface area contributed by atoms with E-state index in [1.165, 1.54) is 16.9 Å². The average Bonchev–Trinajstić information content (AvgIpc) is 2.97. The van der Waals surface area contributed by atoms with Crippen molar-refractivity contribution in [1.29, 1.82) is 0 Å². The topological polar surface area (TPSA) is 34.4 Å². The Morgan fingerprint density at radius 3 is 2.55 bits per heavy atom. The molecule has 3 aromatic rings. The van der Waals surface area contributed by atoms with Gasteiger partial charge in [0, 0.05) is 17.6 Å². The predicted molar refractivity (Wildman–Crippen MR) is 88.9 cm³/mol. The van der Waals surface area contributed by atoms with E-state index in [4.69, 9.17) is 0 Å². The molecule has 22 heavy (non-hydrogen) atoms. The van der Waals surface area contributed by atoms with E-state index >= 15 is 0 Å². The quantitative estimate of drug-likeness (QED) is 0.727. The molecule has 1 aromatic carbocycles. The molecule has 0 radical (unpaired) electrons. The number of amides is 1. The minimum absolute atomic E-state index is 0.189. The van der Waals surface area contributed by atoms with Crippen molar-refractivity contribution in [3.63, 3.8) is 0 Å². The fraction of sp³-hybridized carbons (Fsp3) is 0.111. The number of aryl methyl sites for hydroxylation is 1. The summed E-state index contributed by atoms with van der Waals surface area (Å²) >= 11 is 1.47. The molecule has 110 valence electrons. The fourth-order valence-electron chi connectivity index (χ4n) is 2.19. The smallest absolute Gasteiger partial charge is 0.289 e. The lowest BCUT2D eigenvalue weighted by atomic mass is 10.2. The molecule has 0 spiro atoms. The molecule has 0 fully saturated rings. The monoisotopic (exact) mass is 308 g/mol. The van der Waals surface area contributed by atoms with Crippen LogP contribution >= 0.6 is 11.3 Å². The first-order valence-corrected chi connectivity index (χ1v) is 7.89. The molecule has 1 amide bonds. The summed E-state index contributed by atoms with van der Waals surface area (Å²) in [6.07, 6.45) is 1.94. The van der Waals surface area contributed by atoms with Gasteiger partial charge in [-0.25, -0.2) is 0 Å². The first-order valence-electron chi connectivity index (χ1n) is 7.07. The number of benzene rings is 1. The van der Waals surface area contributed by atoms with E-state index in [0.29, 0.717) is 16.9 Å². The van der Waals surface area contributed by atoms with Gasteiger partial charge in [0.15, 0.2) is 0 Å². The van der Waals surface area contributed by atoms with E-state index in [9.17, 15) is 4.79 Å². The highest BCUT2D eigenvalue weighted by molar-refractivity contribution is 7.13. The van der Waals surface area contributed by atoms with Gasteiger partial charge in [-0.2, -0.15) is 4.99 Å². The van der Waals surface area contributed by atoms with Crippen LogP contribution in [0, 0.1) is 6.92 Å². The van der Waals surface area contributed by atoms with Gasteiger partial charge in [-0.3, -0.25) is 4.79 Å². The third-order valence-corrected chi connectivity index (χ3v) is 4.27. The van der Waals surface area contributed by atoms with Gasteiger partial charge in [-0.1, -0.05) is 36.4 Å². The van der Waals surface area contributed by atoms with Crippen molar-refractivity contribution in [2.24, 2.45) is 4.99 Å². The molecule has 0 atom stereocenters. The molecule has 0 N–H and O–H groups in total. The number of hydrogen-bond acceptors (Lipinski definition) is 2. The van der Waals surface area contributed by atoms with Crippen molar-refractivity contribution in [1.82, 2.24) is 4.57 Å². The molecule has 0 unspecified atom stereocenters. The van der Waals surface area contributed by atoms with E-state index in [1.54, 1.807) is 0 Å². The number of pyridine rings is 1.